The lowest BCUT2D eigenvalue weighted by molar-refractivity contribution is 0.0972. The standard InChI is InChI=1S/3C30H39N7O4S/c3*1-29(2)19-21-7-4-5-16-31-23-8-6-9-26(32-23)42(39,40)35-28(38)22-10-11-24(33-27(22)36(29)20-21)37-17-12-25(34-37)41-18-15-30(3)13-14-30/h3*6,8-12,17,21H,4-5,7,13-16,18-20H2,1-3H3,(H,31,32)(H,35,38). The minimum Gasteiger partial charge on any atom is -0.477 e. The van der Waals surface area contributed by atoms with Crippen molar-refractivity contribution in [3.8, 4) is 35.1 Å². The molecule has 3 aliphatic carbocycles. The quantitative estimate of drug-likeness (QED) is 0.0555. The molecule has 9 aromatic heterocycles. The number of hydrogen-bond donors (Lipinski definition) is 6. The number of nitrogens with one attached hydrogen (secondary N) is 6. The Balaban J connectivity index is 0.000000139. The van der Waals surface area contributed by atoms with Crippen molar-refractivity contribution < 1.29 is 53.8 Å². The molecule has 36 heteroatoms. The van der Waals surface area contributed by atoms with Crippen molar-refractivity contribution in [1.29, 1.82) is 0 Å². The van der Waals surface area contributed by atoms with Gasteiger partial charge in [-0.25, -0.2) is 58.1 Å². The zero-order valence-electron chi connectivity index (χ0n) is 73.4. The Kier molecular flexibility index (Phi) is 25.0. The van der Waals surface area contributed by atoms with Crippen LogP contribution in [0.25, 0.3) is 17.5 Å². The van der Waals surface area contributed by atoms with Gasteiger partial charge in [0, 0.05) is 92.7 Å². The summed E-state index contributed by atoms with van der Waals surface area (Å²) >= 11 is 0. The van der Waals surface area contributed by atoms with Gasteiger partial charge in [0.25, 0.3) is 47.8 Å². The zero-order valence-corrected chi connectivity index (χ0v) is 75.9. The fourth-order valence-corrected chi connectivity index (χ4v) is 20.6. The molecular weight excluding hydrogens is 1660 g/mol. The number of aromatic nitrogens is 12. The summed E-state index contributed by atoms with van der Waals surface area (Å²) in [6, 6.07) is 29.4. The first kappa shape index (κ1) is 88.4. The lowest BCUT2D eigenvalue weighted by Crippen LogP contribution is -2.41. The molecule has 18 rings (SSSR count). The number of ether oxygens (including phenoxy) is 3. The summed E-state index contributed by atoms with van der Waals surface area (Å²) in [6.45, 7) is 25.7. The highest BCUT2D eigenvalue weighted by molar-refractivity contribution is 7.90. The Morgan fingerprint density at radius 2 is 0.635 bits per heavy atom. The van der Waals surface area contributed by atoms with E-state index in [0.29, 0.717) is 143 Å². The van der Waals surface area contributed by atoms with E-state index in [-0.39, 0.29) is 48.4 Å². The maximum absolute atomic E-state index is 13.6. The fraction of sp³-hybridized carbons (Fsp3) is 0.533. The van der Waals surface area contributed by atoms with Gasteiger partial charge in [-0.2, -0.15) is 25.3 Å². The summed E-state index contributed by atoms with van der Waals surface area (Å²) in [5.74, 6) is 4.75. The molecule has 3 saturated heterocycles. The number of rotatable bonds is 15. The first-order chi connectivity index (χ1) is 60.0. The first-order valence-electron chi connectivity index (χ1n) is 44.3. The molecule has 9 aromatic rings. The van der Waals surface area contributed by atoms with Crippen molar-refractivity contribution in [2.45, 2.75) is 229 Å². The molecule has 3 saturated carbocycles. The van der Waals surface area contributed by atoms with Gasteiger partial charge in [0.1, 0.15) is 34.9 Å². The third-order valence-corrected chi connectivity index (χ3v) is 29.9. The molecule has 6 N–H and O–H groups in total. The van der Waals surface area contributed by atoms with Gasteiger partial charge in [0.2, 0.25) is 17.6 Å². The average Bonchev–Trinajstić information content (AvgIpc) is 1.61. The molecule has 0 aromatic carbocycles. The second-order valence-corrected chi connectivity index (χ2v) is 43.2. The largest absolute Gasteiger partial charge is 0.477 e. The molecule has 15 heterocycles. The highest BCUT2D eigenvalue weighted by atomic mass is 32.2. The summed E-state index contributed by atoms with van der Waals surface area (Å²) in [6.07, 6.45) is 27.6. The van der Waals surface area contributed by atoms with E-state index in [4.69, 9.17) is 29.2 Å². The highest BCUT2D eigenvalue weighted by Gasteiger charge is 2.46. The molecule has 3 unspecified atom stereocenters. The van der Waals surface area contributed by atoms with Crippen LogP contribution in [0.15, 0.2) is 143 Å². The van der Waals surface area contributed by atoms with Crippen molar-refractivity contribution in [2.24, 2.45) is 34.0 Å². The number of pyridine rings is 6. The predicted octanol–water partition coefficient (Wildman–Crippen LogP) is 13.7. The van der Waals surface area contributed by atoms with E-state index in [1.165, 1.54) is 56.7 Å². The van der Waals surface area contributed by atoms with Gasteiger partial charge >= 0.3 is 0 Å². The van der Waals surface area contributed by atoms with Crippen LogP contribution < -0.4 is 59.0 Å². The van der Waals surface area contributed by atoms with Gasteiger partial charge in [0.05, 0.1) is 36.5 Å². The summed E-state index contributed by atoms with van der Waals surface area (Å²) < 4.78 is 109. The number of fused-ring (bicyclic) bond motifs is 18. The van der Waals surface area contributed by atoms with Crippen LogP contribution in [0.2, 0.25) is 0 Å². The van der Waals surface area contributed by atoms with Gasteiger partial charge in [0.15, 0.2) is 32.5 Å². The molecule has 3 atom stereocenters. The normalized spacial score (nSPS) is 22.5. The summed E-state index contributed by atoms with van der Waals surface area (Å²) in [7, 11) is -12.7. The molecular formula is C90H117N21O12S3. The van der Waals surface area contributed by atoms with Gasteiger partial charge in [-0.05, 0) is 264 Å². The number of carbonyl (C=O) groups is 3. The number of nitrogens with zero attached hydrogens (tertiary/aromatic N) is 15. The van der Waals surface area contributed by atoms with Crippen molar-refractivity contribution in [3.63, 3.8) is 0 Å². The van der Waals surface area contributed by atoms with E-state index in [1.54, 1.807) is 124 Å². The van der Waals surface area contributed by atoms with Gasteiger partial charge in [-0.15, -0.1) is 15.3 Å². The fourth-order valence-electron chi connectivity index (χ4n) is 17.8. The minimum atomic E-state index is -4.23. The topological polar surface area (TPSA) is 394 Å². The molecule has 6 fully saturated rings. The summed E-state index contributed by atoms with van der Waals surface area (Å²) in [4.78, 5) is 74.7. The van der Waals surface area contributed by atoms with Gasteiger partial charge in [-0.3, -0.25) is 14.4 Å². The van der Waals surface area contributed by atoms with E-state index < -0.39 is 47.8 Å². The van der Waals surface area contributed by atoms with Crippen molar-refractivity contribution in [2.75, 3.05) is 89.7 Å². The molecule has 0 spiro atoms. The minimum absolute atomic E-state index is 0.179. The number of amides is 3. The Morgan fingerprint density at radius 3 is 0.905 bits per heavy atom. The molecule has 0 radical (unpaired) electrons. The van der Waals surface area contributed by atoms with Crippen LogP contribution in [-0.4, -0.2) is 178 Å². The Bertz CT molecular complexity index is 5300. The molecule has 33 nitrogen and oxygen atoms in total. The Labute approximate surface area is 737 Å². The van der Waals surface area contributed by atoms with E-state index in [2.05, 4.69) is 137 Å². The Morgan fingerprint density at radius 1 is 0.357 bits per heavy atom. The maximum atomic E-state index is 13.6. The van der Waals surface area contributed by atoms with Crippen LogP contribution in [0.1, 0.15) is 228 Å². The number of carbonyl (C=O) groups excluding carboxylic acids is 3. The highest BCUT2D eigenvalue weighted by Crippen LogP contribution is 2.51. The van der Waals surface area contributed by atoms with Crippen LogP contribution in [-0.2, 0) is 30.1 Å². The van der Waals surface area contributed by atoms with Crippen molar-refractivity contribution >= 4 is 82.7 Å². The molecule has 672 valence electrons. The van der Waals surface area contributed by atoms with Crippen LogP contribution in [0.4, 0.5) is 34.9 Å². The monoisotopic (exact) mass is 1780 g/mol. The molecule has 9 aliphatic rings. The SMILES string of the molecule is CC1(CCOc2ccn(-c3ccc4c(n3)N3CC(CCCCNc5cccc(n5)S(=O)(=O)NC4=O)CC3(C)C)n2)CC1.CC1(CCOc2ccn(-c3ccc4c(n3)N3CC(CCCCNc5cccc(n5)S(=O)(=O)NC4=O)CC3(C)C)n2)CC1.CC1(CCOc2ccn(-c3ccc4c(n3)N3CC(CCCCNc5cccc(n5)S(=O)(=O)NC4=O)CC3(C)C)n2)CC1. The third kappa shape index (κ3) is 21.1. The Hall–Kier alpha value is -11.0. The second kappa shape index (κ2) is 35.7. The molecule has 126 heavy (non-hydrogen) atoms. The molecule has 6 aliphatic heterocycles. The smallest absolute Gasteiger partial charge is 0.281 e. The van der Waals surface area contributed by atoms with E-state index in [9.17, 15) is 39.6 Å². The average molecular weight is 1780 g/mol. The second-order valence-electron chi connectivity index (χ2n) is 38.3. The van der Waals surface area contributed by atoms with Crippen molar-refractivity contribution in [3.05, 3.63) is 144 Å². The van der Waals surface area contributed by atoms with Crippen LogP contribution in [0.5, 0.6) is 17.6 Å². The lowest BCUT2D eigenvalue weighted by atomic mass is 9.93. The summed E-state index contributed by atoms with van der Waals surface area (Å²) in [5.41, 5.74) is 0.865. The maximum Gasteiger partial charge on any atom is 0.281 e. The molecule has 12 bridgehead atoms. The van der Waals surface area contributed by atoms with Crippen molar-refractivity contribution in [1.82, 2.24) is 73.4 Å². The van der Waals surface area contributed by atoms with E-state index in [1.807, 2.05) is 0 Å². The lowest BCUT2D eigenvalue weighted by Gasteiger charge is -2.34. The third-order valence-electron chi connectivity index (χ3n) is 26.3. The van der Waals surface area contributed by atoms with Crippen LogP contribution in [0.3, 0.4) is 0 Å². The first-order valence-corrected chi connectivity index (χ1v) is 48.8. The number of sulfonamides is 3. The van der Waals surface area contributed by atoms with Crippen LogP contribution >= 0.6 is 0 Å². The van der Waals surface area contributed by atoms with Gasteiger partial charge < -0.3 is 44.9 Å². The van der Waals surface area contributed by atoms with Crippen LogP contribution in [0, 0.1) is 34.0 Å². The summed E-state index contributed by atoms with van der Waals surface area (Å²) in [5, 5.41) is 22.7. The molecule has 3 amide bonds. The van der Waals surface area contributed by atoms with Gasteiger partial charge in [-0.1, -0.05) is 58.2 Å². The number of anilines is 6. The van der Waals surface area contributed by atoms with E-state index >= 15 is 0 Å². The number of hydrogen-bond acceptors (Lipinski definition) is 27. The predicted molar refractivity (Wildman–Crippen MR) is 479 cm³/mol. The van der Waals surface area contributed by atoms with E-state index in [0.717, 1.165) is 116 Å². The zero-order chi connectivity index (χ0) is 88.6.